The molecule has 0 fully saturated rings. The number of benzene rings is 2. The van der Waals surface area contributed by atoms with E-state index in [1.807, 2.05) is 24.3 Å². The molecule has 0 unspecified atom stereocenters. The topological polar surface area (TPSA) is 46.5 Å². The molecule has 98 valence electrons. The van der Waals surface area contributed by atoms with Gasteiger partial charge < -0.3 is 9.84 Å². The van der Waals surface area contributed by atoms with E-state index in [0.29, 0.717) is 16.8 Å². The van der Waals surface area contributed by atoms with Crippen LogP contribution in [0.5, 0.6) is 5.75 Å². The van der Waals surface area contributed by atoms with Crippen LogP contribution in [0, 0.1) is 3.57 Å². The van der Waals surface area contributed by atoms with Crippen LogP contribution in [0.25, 0.3) is 0 Å². The number of carbonyl (C=O) groups is 1. The second-order valence-electron chi connectivity index (χ2n) is 3.86. The number of ether oxygens (including phenoxy) is 1. The van der Waals surface area contributed by atoms with Gasteiger partial charge in [0.15, 0.2) is 0 Å². The molecule has 3 nitrogen and oxygen atoms in total. The van der Waals surface area contributed by atoms with E-state index in [2.05, 4.69) is 38.5 Å². The van der Waals surface area contributed by atoms with E-state index in [1.54, 1.807) is 12.1 Å². The van der Waals surface area contributed by atoms with Crippen LogP contribution in [0.1, 0.15) is 15.9 Å². The van der Waals surface area contributed by atoms with Crippen molar-refractivity contribution in [3.8, 4) is 5.75 Å². The Balaban J connectivity index is 2.09. The lowest BCUT2D eigenvalue weighted by molar-refractivity contribution is 0.0695. The second kappa shape index (κ2) is 6.38. The summed E-state index contributed by atoms with van der Waals surface area (Å²) >= 11 is 5.44. The van der Waals surface area contributed by atoms with Crippen molar-refractivity contribution in [2.24, 2.45) is 0 Å². The van der Waals surface area contributed by atoms with Gasteiger partial charge in [0.1, 0.15) is 12.4 Å². The molecule has 2 aromatic rings. The molecule has 2 aromatic carbocycles. The lowest BCUT2D eigenvalue weighted by Crippen LogP contribution is -2.00. The van der Waals surface area contributed by atoms with Gasteiger partial charge in [0.05, 0.1) is 5.56 Å². The number of halogens is 2. The number of rotatable bonds is 4. The van der Waals surface area contributed by atoms with Gasteiger partial charge in [-0.25, -0.2) is 4.79 Å². The minimum absolute atomic E-state index is 0.195. The maximum absolute atomic E-state index is 11.0. The normalized spacial score (nSPS) is 10.2. The first-order valence-electron chi connectivity index (χ1n) is 5.46. The minimum Gasteiger partial charge on any atom is -0.489 e. The van der Waals surface area contributed by atoms with Crippen LogP contribution in [-0.4, -0.2) is 11.1 Å². The first-order chi connectivity index (χ1) is 9.06. The molecule has 1 N–H and O–H groups in total. The zero-order valence-electron chi connectivity index (χ0n) is 9.77. The van der Waals surface area contributed by atoms with Gasteiger partial charge in [-0.15, -0.1) is 0 Å². The van der Waals surface area contributed by atoms with Crippen LogP contribution in [0.2, 0.25) is 0 Å². The zero-order chi connectivity index (χ0) is 13.8. The number of hydrogen-bond donors (Lipinski definition) is 1. The van der Waals surface area contributed by atoms with Crippen molar-refractivity contribution in [2.75, 3.05) is 0 Å². The smallest absolute Gasteiger partial charge is 0.336 e. The van der Waals surface area contributed by atoms with Crippen LogP contribution < -0.4 is 4.74 Å². The minimum atomic E-state index is -0.980. The quantitative estimate of drug-likeness (QED) is 0.731. The molecule has 0 spiro atoms. The van der Waals surface area contributed by atoms with Crippen molar-refractivity contribution in [1.82, 2.24) is 0 Å². The molecule has 0 saturated carbocycles. The highest BCUT2D eigenvalue weighted by molar-refractivity contribution is 14.1. The molecule has 19 heavy (non-hydrogen) atoms. The van der Waals surface area contributed by atoms with Crippen LogP contribution in [-0.2, 0) is 6.61 Å². The van der Waals surface area contributed by atoms with Crippen molar-refractivity contribution in [1.29, 1.82) is 0 Å². The largest absolute Gasteiger partial charge is 0.489 e. The van der Waals surface area contributed by atoms with E-state index < -0.39 is 5.97 Å². The molecular weight excluding hydrogens is 423 g/mol. The Bertz CT molecular complexity index is 596. The number of aromatic carboxylic acids is 1. The fourth-order valence-electron chi connectivity index (χ4n) is 1.51. The summed E-state index contributed by atoms with van der Waals surface area (Å²) in [6.07, 6.45) is 0. The van der Waals surface area contributed by atoms with Crippen molar-refractivity contribution < 1.29 is 14.6 Å². The van der Waals surface area contributed by atoms with E-state index in [4.69, 9.17) is 9.84 Å². The molecule has 0 aliphatic heterocycles. The fourth-order valence-corrected chi connectivity index (χ4v) is 2.28. The molecule has 0 bridgehead atoms. The summed E-state index contributed by atoms with van der Waals surface area (Å²) in [5, 5.41) is 9.02. The van der Waals surface area contributed by atoms with Gasteiger partial charge in [-0.1, -0.05) is 12.1 Å². The average molecular weight is 433 g/mol. The summed E-state index contributed by atoms with van der Waals surface area (Å²) in [6, 6.07) is 12.9. The monoisotopic (exact) mass is 432 g/mol. The first kappa shape index (κ1) is 14.3. The fraction of sp³-hybridized carbons (Fsp3) is 0.0714. The summed E-state index contributed by atoms with van der Waals surface area (Å²) in [6.45, 7) is 0.414. The molecule has 0 aromatic heterocycles. The van der Waals surface area contributed by atoms with Crippen LogP contribution in [0.3, 0.4) is 0 Å². The maximum atomic E-state index is 11.0. The Hall–Kier alpha value is -1.08. The Kier molecular flexibility index (Phi) is 4.81. The lowest BCUT2D eigenvalue weighted by Gasteiger charge is -2.08. The molecule has 0 saturated heterocycles. The predicted octanol–water partition coefficient (Wildman–Crippen LogP) is 4.33. The standard InChI is InChI=1S/C14H10BrIO3/c15-13-6-5-11(7-12(13)14(17)18)19-8-9-1-3-10(16)4-2-9/h1-7H,8H2,(H,17,18). The van der Waals surface area contributed by atoms with Crippen LogP contribution in [0.4, 0.5) is 0 Å². The Morgan fingerprint density at radius 2 is 1.89 bits per heavy atom. The highest BCUT2D eigenvalue weighted by atomic mass is 127. The zero-order valence-corrected chi connectivity index (χ0v) is 13.5. The molecule has 0 radical (unpaired) electrons. The van der Waals surface area contributed by atoms with Crippen LogP contribution >= 0.6 is 38.5 Å². The van der Waals surface area contributed by atoms with Crippen LogP contribution in [0.15, 0.2) is 46.9 Å². The number of carboxylic acid groups (broad SMARTS) is 1. The van der Waals surface area contributed by atoms with Gasteiger partial charge in [-0.2, -0.15) is 0 Å². The molecule has 0 aliphatic carbocycles. The first-order valence-corrected chi connectivity index (χ1v) is 7.33. The van der Waals surface area contributed by atoms with Gasteiger partial charge in [0, 0.05) is 8.04 Å². The maximum Gasteiger partial charge on any atom is 0.336 e. The van der Waals surface area contributed by atoms with E-state index in [9.17, 15) is 4.79 Å². The van der Waals surface area contributed by atoms with E-state index in [1.165, 1.54) is 6.07 Å². The summed E-state index contributed by atoms with van der Waals surface area (Å²) in [5.74, 6) is -0.439. The van der Waals surface area contributed by atoms with Gasteiger partial charge in [0.25, 0.3) is 0 Å². The molecule has 0 aliphatic rings. The highest BCUT2D eigenvalue weighted by Crippen LogP contribution is 2.23. The van der Waals surface area contributed by atoms with E-state index in [-0.39, 0.29) is 5.56 Å². The molecular formula is C14H10BrIO3. The Morgan fingerprint density at radius 1 is 1.21 bits per heavy atom. The van der Waals surface area contributed by atoms with Gasteiger partial charge in [0.2, 0.25) is 0 Å². The highest BCUT2D eigenvalue weighted by Gasteiger charge is 2.09. The van der Waals surface area contributed by atoms with Gasteiger partial charge in [-0.05, 0) is 74.4 Å². The molecule has 0 atom stereocenters. The third-order valence-corrected chi connectivity index (χ3v) is 3.90. The van der Waals surface area contributed by atoms with Crippen molar-refractivity contribution >= 4 is 44.5 Å². The number of carboxylic acids is 1. The summed E-state index contributed by atoms with van der Waals surface area (Å²) in [4.78, 5) is 11.0. The summed E-state index contributed by atoms with van der Waals surface area (Å²) < 4.78 is 7.30. The van der Waals surface area contributed by atoms with E-state index in [0.717, 1.165) is 9.13 Å². The average Bonchev–Trinajstić information content (AvgIpc) is 2.39. The van der Waals surface area contributed by atoms with E-state index >= 15 is 0 Å². The van der Waals surface area contributed by atoms with Crippen molar-refractivity contribution in [2.45, 2.75) is 6.61 Å². The molecule has 0 heterocycles. The predicted molar refractivity (Wildman–Crippen MR) is 84.6 cm³/mol. The second-order valence-corrected chi connectivity index (χ2v) is 5.96. The third kappa shape index (κ3) is 3.94. The van der Waals surface area contributed by atoms with Crippen molar-refractivity contribution in [3.63, 3.8) is 0 Å². The molecule has 5 heteroatoms. The lowest BCUT2D eigenvalue weighted by atomic mass is 10.2. The summed E-state index contributed by atoms with van der Waals surface area (Å²) in [5.41, 5.74) is 1.24. The van der Waals surface area contributed by atoms with Gasteiger partial charge in [-0.3, -0.25) is 0 Å². The Morgan fingerprint density at radius 3 is 2.53 bits per heavy atom. The third-order valence-electron chi connectivity index (χ3n) is 2.49. The number of hydrogen-bond acceptors (Lipinski definition) is 2. The Labute approximate surface area is 132 Å². The summed E-state index contributed by atoms with van der Waals surface area (Å²) in [7, 11) is 0. The van der Waals surface area contributed by atoms with Gasteiger partial charge >= 0.3 is 5.97 Å². The molecule has 0 amide bonds. The SMILES string of the molecule is O=C(O)c1cc(OCc2ccc(I)cc2)ccc1Br. The van der Waals surface area contributed by atoms with Crippen molar-refractivity contribution in [3.05, 3.63) is 61.6 Å². The molecule has 2 rings (SSSR count).